The van der Waals surface area contributed by atoms with Crippen LogP contribution in [0.5, 0.6) is 0 Å². The van der Waals surface area contributed by atoms with E-state index in [9.17, 15) is 18.0 Å². The van der Waals surface area contributed by atoms with E-state index < -0.39 is 22.4 Å². The van der Waals surface area contributed by atoms with Crippen molar-refractivity contribution in [3.8, 4) is 0 Å². The molecule has 2 aliphatic rings. The molecule has 168 valence electrons. The Balaban J connectivity index is 1.49. The molecule has 1 atom stereocenters. The number of rotatable bonds is 6. The number of carbonyl (C=O) groups is 2. The van der Waals surface area contributed by atoms with E-state index in [0.29, 0.717) is 24.3 Å². The zero-order valence-electron chi connectivity index (χ0n) is 17.6. The van der Waals surface area contributed by atoms with Gasteiger partial charge in [0, 0.05) is 18.3 Å². The van der Waals surface area contributed by atoms with Gasteiger partial charge in [-0.25, -0.2) is 22.7 Å². The van der Waals surface area contributed by atoms with E-state index in [4.69, 9.17) is 4.74 Å². The minimum absolute atomic E-state index is 0.00220. The van der Waals surface area contributed by atoms with Crippen LogP contribution in [0.1, 0.15) is 61.5 Å². The van der Waals surface area contributed by atoms with E-state index in [1.54, 1.807) is 4.90 Å². The second-order valence-corrected chi connectivity index (χ2v) is 10.4. The monoisotopic (exact) mass is 449 g/mol. The number of esters is 1. The largest absolute Gasteiger partial charge is 0.452 e. The Hall–Kier alpha value is -2.56. The van der Waals surface area contributed by atoms with Crippen LogP contribution in [0.3, 0.4) is 0 Å². The second-order valence-electron chi connectivity index (χ2n) is 8.17. The average Bonchev–Trinajstić information content (AvgIpc) is 3.38. The van der Waals surface area contributed by atoms with Gasteiger partial charge in [0.05, 0.1) is 22.8 Å². The summed E-state index contributed by atoms with van der Waals surface area (Å²) in [5.74, 6) is -0.531. The van der Waals surface area contributed by atoms with Gasteiger partial charge in [0.1, 0.15) is 6.33 Å². The van der Waals surface area contributed by atoms with E-state index in [-0.39, 0.29) is 35.1 Å². The summed E-state index contributed by atoms with van der Waals surface area (Å²) in [5.41, 5.74) is 0.840. The summed E-state index contributed by atoms with van der Waals surface area (Å²) in [6.45, 7) is 1.45. The minimum Gasteiger partial charge on any atom is -0.452 e. The minimum atomic E-state index is -3.14. The summed E-state index contributed by atoms with van der Waals surface area (Å²) >= 11 is 0. The van der Waals surface area contributed by atoms with Crippen molar-refractivity contribution in [1.82, 2.24) is 24.5 Å². The second kappa shape index (κ2) is 8.89. The topological polar surface area (TPSA) is 124 Å². The van der Waals surface area contributed by atoms with Gasteiger partial charge in [0.2, 0.25) is 0 Å². The summed E-state index contributed by atoms with van der Waals surface area (Å²) in [5, 5.41) is 4.09. The molecular formula is C20H27N5O5S. The van der Waals surface area contributed by atoms with Crippen LogP contribution in [-0.2, 0) is 25.8 Å². The number of amides is 1. The fourth-order valence-electron chi connectivity index (χ4n) is 4.67. The van der Waals surface area contributed by atoms with Gasteiger partial charge in [0.25, 0.3) is 11.7 Å². The Morgan fingerprint density at radius 3 is 2.61 bits per heavy atom. The van der Waals surface area contributed by atoms with Crippen LogP contribution in [-0.4, -0.2) is 75.0 Å². The van der Waals surface area contributed by atoms with Crippen molar-refractivity contribution in [2.75, 3.05) is 18.1 Å². The molecule has 2 aromatic heterocycles. The number of nitrogens with zero attached hydrogens (tertiary/aromatic N) is 5. The molecule has 10 nitrogen and oxygen atoms in total. The normalized spacial score (nSPS) is 21.3. The Morgan fingerprint density at radius 1 is 1.16 bits per heavy atom. The van der Waals surface area contributed by atoms with E-state index in [2.05, 4.69) is 15.1 Å². The van der Waals surface area contributed by atoms with E-state index >= 15 is 0 Å². The summed E-state index contributed by atoms with van der Waals surface area (Å²) < 4.78 is 30.9. The molecule has 3 heterocycles. The van der Waals surface area contributed by atoms with Crippen LogP contribution in [0.4, 0.5) is 0 Å². The zero-order chi connectivity index (χ0) is 22.0. The van der Waals surface area contributed by atoms with Crippen LogP contribution >= 0.6 is 0 Å². The first-order valence-corrected chi connectivity index (χ1v) is 12.6. The highest BCUT2D eigenvalue weighted by Gasteiger charge is 2.38. The van der Waals surface area contributed by atoms with Crippen molar-refractivity contribution in [2.24, 2.45) is 0 Å². The molecule has 1 amide bonds. The fourth-order valence-corrected chi connectivity index (χ4v) is 6.39. The highest BCUT2D eigenvalue weighted by molar-refractivity contribution is 7.91. The molecule has 1 saturated heterocycles. The molecule has 11 heteroatoms. The summed E-state index contributed by atoms with van der Waals surface area (Å²) in [4.78, 5) is 35.7. The molecule has 31 heavy (non-hydrogen) atoms. The summed E-state index contributed by atoms with van der Waals surface area (Å²) in [6.07, 6.45) is 8.53. The third-order valence-corrected chi connectivity index (χ3v) is 7.90. The van der Waals surface area contributed by atoms with Crippen LogP contribution in [0.15, 0.2) is 12.5 Å². The van der Waals surface area contributed by atoms with E-state index in [1.165, 1.54) is 17.0 Å². The predicted molar refractivity (Wildman–Crippen MR) is 111 cm³/mol. The Morgan fingerprint density at radius 2 is 1.94 bits per heavy atom. The third kappa shape index (κ3) is 4.56. The number of sulfone groups is 1. The fraction of sp³-hybridized carbons (Fsp3) is 0.650. The van der Waals surface area contributed by atoms with Crippen molar-refractivity contribution < 1.29 is 22.7 Å². The van der Waals surface area contributed by atoms with Gasteiger partial charge in [-0.3, -0.25) is 4.79 Å². The van der Waals surface area contributed by atoms with E-state index in [1.807, 2.05) is 6.92 Å². The molecule has 2 aromatic rings. The molecule has 0 N–H and O–H groups in total. The van der Waals surface area contributed by atoms with Crippen LogP contribution < -0.4 is 0 Å². The number of aryl methyl sites for hydroxylation is 1. The van der Waals surface area contributed by atoms with Crippen molar-refractivity contribution >= 4 is 27.5 Å². The van der Waals surface area contributed by atoms with Gasteiger partial charge in [0.15, 0.2) is 16.4 Å². The van der Waals surface area contributed by atoms with Crippen LogP contribution in [0.2, 0.25) is 0 Å². The maximum absolute atomic E-state index is 13.1. The lowest BCUT2D eigenvalue weighted by atomic mass is 9.93. The van der Waals surface area contributed by atoms with Crippen molar-refractivity contribution in [1.29, 1.82) is 0 Å². The average molecular weight is 450 g/mol. The lowest BCUT2D eigenvalue weighted by molar-refractivity contribution is -0.140. The van der Waals surface area contributed by atoms with Crippen molar-refractivity contribution in [3.05, 3.63) is 23.8 Å². The van der Waals surface area contributed by atoms with E-state index in [0.717, 1.165) is 32.1 Å². The van der Waals surface area contributed by atoms with Gasteiger partial charge in [-0.2, -0.15) is 10.1 Å². The zero-order valence-corrected chi connectivity index (χ0v) is 18.4. The molecule has 1 unspecified atom stereocenters. The number of hydrogen-bond donors (Lipinski definition) is 0. The molecule has 4 rings (SSSR count). The standard InChI is InChI=1S/C20H27N5O5S/c1-2-17-16(10-21-20-22-13-23-25(17)20)19(27)30-11-18(26)24(14-6-4-3-5-7-14)15-8-9-31(28,29)12-15/h10,13-15H,2-9,11-12H2,1H3. The first kappa shape index (κ1) is 21.7. The van der Waals surface area contributed by atoms with Gasteiger partial charge in [-0.1, -0.05) is 26.2 Å². The molecule has 0 radical (unpaired) electrons. The molecule has 1 saturated carbocycles. The van der Waals surface area contributed by atoms with Gasteiger partial charge < -0.3 is 9.64 Å². The summed E-state index contributed by atoms with van der Waals surface area (Å²) in [6, 6.07) is -0.351. The van der Waals surface area contributed by atoms with Crippen molar-refractivity contribution in [3.63, 3.8) is 0 Å². The number of carbonyl (C=O) groups excluding carboxylic acids is 2. The molecule has 0 bridgehead atoms. The highest BCUT2D eigenvalue weighted by Crippen LogP contribution is 2.28. The summed E-state index contributed by atoms with van der Waals surface area (Å²) in [7, 11) is -3.14. The number of hydrogen-bond acceptors (Lipinski definition) is 8. The SMILES string of the molecule is CCc1c(C(=O)OCC(=O)N(C2CCCCC2)C2CCS(=O)(=O)C2)cnc2ncnn12. The predicted octanol–water partition coefficient (Wildman–Crippen LogP) is 1.19. The number of aromatic nitrogens is 4. The highest BCUT2D eigenvalue weighted by atomic mass is 32.2. The van der Waals surface area contributed by atoms with Gasteiger partial charge in [-0.15, -0.1) is 0 Å². The number of ether oxygens (including phenoxy) is 1. The van der Waals surface area contributed by atoms with Crippen LogP contribution in [0.25, 0.3) is 5.78 Å². The lowest BCUT2D eigenvalue weighted by Gasteiger charge is -2.38. The maximum Gasteiger partial charge on any atom is 0.342 e. The van der Waals surface area contributed by atoms with Gasteiger partial charge >= 0.3 is 5.97 Å². The Bertz CT molecular complexity index is 1080. The smallest absolute Gasteiger partial charge is 0.342 e. The third-order valence-electron chi connectivity index (χ3n) is 6.14. The lowest BCUT2D eigenvalue weighted by Crippen LogP contribution is -2.50. The molecule has 0 spiro atoms. The first-order valence-electron chi connectivity index (χ1n) is 10.8. The first-order chi connectivity index (χ1) is 14.9. The Labute approximate surface area is 180 Å². The van der Waals surface area contributed by atoms with Gasteiger partial charge in [-0.05, 0) is 25.7 Å². The van der Waals surface area contributed by atoms with Crippen LogP contribution in [0, 0.1) is 0 Å². The Kier molecular flexibility index (Phi) is 6.22. The molecule has 0 aromatic carbocycles. The van der Waals surface area contributed by atoms with Crippen molar-refractivity contribution in [2.45, 2.75) is 64.0 Å². The molecule has 2 fully saturated rings. The quantitative estimate of drug-likeness (QED) is 0.603. The maximum atomic E-state index is 13.1. The number of fused-ring (bicyclic) bond motifs is 1. The molecule has 1 aliphatic heterocycles. The molecular weight excluding hydrogens is 422 g/mol. The molecule has 1 aliphatic carbocycles.